The highest BCUT2D eigenvalue weighted by Crippen LogP contribution is 2.36. The van der Waals surface area contributed by atoms with Gasteiger partial charge in [-0.1, -0.05) is 12.1 Å². The molecule has 21 heavy (non-hydrogen) atoms. The van der Waals surface area contributed by atoms with Crippen LogP contribution in [-0.2, 0) is 24.1 Å². The molecule has 3 aliphatic rings. The zero-order valence-electron chi connectivity index (χ0n) is 12.7. The summed E-state index contributed by atoms with van der Waals surface area (Å²) >= 11 is 0. The van der Waals surface area contributed by atoms with Crippen LogP contribution in [0.15, 0.2) is 12.1 Å². The van der Waals surface area contributed by atoms with Gasteiger partial charge in [0.2, 0.25) is 5.91 Å². The summed E-state index contributed by atoms with van der Waals surface area (Å²) in [5, 5.41) is 3.27. The second-order valence-electron chi connectivity index (χ2n) is 6.82. The van der Waals surface area contributed by atoms with Crippen molar-refractivity contribution >= 4 is 5.91 Å². The van der Waals surface area contributed by atoms with Gasteiger partial charge in [-0.2, -0.15) is 0 Å². The third kappa shape index (κ3) is 2.59. The fourth-order valence-electron chi connectivity index (χ4n) is 4.22. The molecule has 0 unspecified atom stereocenters. The monoisotopic (exact) mass is 284 g/mol. The van der Waals surface area contributed by atoms with Crippen LogP contribution in [0.3, 0.4) is 0 Å². The molecule has 1 saturated heterocycles. The predicted molar refractivity (Wildman–Crippen MR) is 83.3 cm³/mol. The molecular weight excluding hydrogens is 260 g/mol. The van der Waals surface area contributed by atoms with Gasteiger partial charge in [-0.3, -0.25) is 9.69 Å². The Kier molecular flexibility index (Phi) is 3.46. The number of carbonyl (C=O) groups is 1. The summed E-state index contributed by atoms with van der Waals surface area (Å²) in [6, 6.07) is 5.04. The smallest absolute Gasteiger partial charge is 0.234 e. The summed E-state index contributed by atoms with van der Waals surface area (Å²) in [5.74, 6) is 0.204. The van der Waals surface area contributed by atoms with E-state index in [9.17, 15) is 4.79 Å². The summed E-state index contributed by atoms with van der Waals surface area (Å²) in [5.41, 5.74) is 5.94. The lowest BCUT2D eigenvalue weighted by Gasteiger charge is -2.18. The first kappa shape index (κ1) is 13.3. The van der Waals surface area contributed by atoms with Crippen molar-refractivity contribution < 1.29 is 4.79 Å². The summed E-state index contributed by atoms with van der Waals surface area (Å²) in [7, 11) is 0. The molecule has 4 rings (SSSR count). The van der Waals surface area contributed by atoms with E-state index in [0.717, 1.165) is 25.9 Å². The molecule has 1 amide bonds. The highest BCUT2D eigenvalue weighted by Gasteiger charge is 2.27. The van der Waals surface area contributed by atoms with Crippen molar-refractivity contribution in [1.29, 1.82) is 0 Å². The SMILES string of the molecule is O=C(CN1CCCC1)N[C@@H]1CCc2cc3c(cc21)CCC3. The molecule has 1 fully saturated rings. The Morgan fingerprint density at radius 3 is 2.62 bits per heavy atom. The highest BCUT2D eigenvalue weighted by atomic mass is 16.2. The number of carbonyl (C=O) groups excluding carboxylic acids is 1. The van der Waals surface area contributed by atoms with Gasteiger partial charge in [0.1, 0.15) is 0 Å². The molecule has 2 aliphatic carbocycles. The van der Waals surface area contributed by atoms with E-state index in [-0.39, 0.29) is 11.9 Å². The van der Waals surface area contributed by atoms with E-state index in [0.29, 0.717) is 6.54 Å². The lowest BCUT2D eigenvalue weighted by atomic mass is 10.0. The number of fused-ring (bicyclic) bond motifs is 2. The third-order valence-corrected chi connectivity index (χ3v) is 5.33. The lowest BCUT2D eigenvalue weighted by molar-refractivity contribution is -0.122. The maximum Gasteiger partial charge on any atom is 0.234 e. The summed E-state index contributed by atoms with van der Waals surface area (Å²) in [6.45, 7) is 2.75. The van der Waals surface area contributed by atoms with E-state index in [1.807, 2.05) is 0 Å². The van der Waals surface area contributed by atoms with E-state index in [2.05, 4.69) is 22.3 Å². The Bertz CT molecular complexity index is 561. The molecule has 1 atom stereocenters. The molecule has 0 bridgehead atoms. The number of amides is 1. The Morgan fingerprint density at radius 1 is 1.05 bits per heavy atom. The summed E-state index contributed by atoms with van der Waals surface area (Å²) in [4.78, 5) is 14.5. The lowest BCUT2D eigenvalue weighted by Crippen LogP contribution is -2.37. The van der Waals surface area contributed by atoms with Gasteiger partial charge in [-0.15, -0.1) is 0 Å². The molecular formula is C18H24N2O. The van der Waals surface area contributed by atoms with Crippen LogP contribution in [0, 0.1) is 0 Å². The van der Waals surface area contributed by atoms with E-state index in [1.165, 1.54) is 48.8 Å². The van der Waals surface area contributed by atoms with Crippen molar-refractivity contribution in [2.75, 3.05) is 19.6 Å². The molecule has 1 N–H and O–H groups in total. The molecule has 3 heteroatoms. The minimum Gasteiger partial charge on any atom is -0.348 e. The number of nitrogens with zero attached hydrogens (tertiary/aromatic N) is 1. The van der Waals surface area contributed by atoms with Crippen LogP contribution in [0.25, 0.3) is 0 Å². The average Bonchev–Trinajstić information content (AvgIpc) is 3.18. The second-order valence-corrected chi connectivity index (χ2v) is 6.82. The van der Waals surface area contributed by atoms with E-state index in [4.69, 9.17) is 0 Å². The van der Waals surface area contributed by atoms with Crippen LogP contribution < -0.4 is 5.32 Å². The van der Waals surface area contributed by atoms with Crippen LogP contribution in [0.4, 0.5) is 0 Å². The van der Waals surface area contributed by atoms with Gasteiger partial charge in [-0.25, -0.2) is 0 Å². The molecule has 0 saturated carbocycles. The number of likely N-dealkylation sites (tertiary alicyclic amines) is 1. The van der Waals surface area contributed by atoms with Crippen LogP contribution in [0.1, 0.15) is 54.0 Å². The minimum atomic E-state index is 0.204. The quantitative estimate of drug-likeness (QED) is 0.924. The number of benzene rings is 1. The van der Waals surface area contributed by atoms with Crippen molar-refractivity contribution in [3.63, 3.8) is 0 Å². The van der Waals surface area contributed by atoms with Crippen LogP contribution >= 0.6 is 0 Å². The fraction of sp³-hybridized carbons (Fsp3) is 0.611. The molecule has 1 aromatic carbocycles. The van der Waals surface area contributed by atoms with Gasteiger partial charge in [-0.05, 0) is 80.3 Å². The van der Waals surface area contributed by atoms with Crippen LogP contribution in [0.5, 0.6) is 0 Å². The molecule has 0 spiro atoms. The summed E-state index contributed by atoms with van der Waals surface area (Å²) in [6.07, 6.45) is 8.44. The Labute approximate surface area is 126 Å². The van der Waals surface area contributed by atoms with E-state index < -0.39 is 0 Å². The molecule has 0 radical (unpaired) electrons. The number of hydrogen-bond donors (Lipinski definition) is 1. The fourth-order valence-corrected chi connectivity index (χ4v) is 4.22. The number of aryl methyl sites for hydroxylation is 3. The van der Waals surface area contributed by atoms with Gasteiger partial charge in [0, 0.05) is 0 Å². The van der Waals surface area contributed by atoms with Crippen molar-refractivity contribution in [3.05, 3.63) is 34.4 Å². The molecule has 1 aromatic rings. The van der Waals surface area contributed by atoms with Gasteiger partial charge < -0.3 is 5.32 Å². The number of nitrogens with one attached hydrogen (secondary N) is 1. The van der Waals surface area contributed by atoms with Gasteiger partial charge in [0.05, 0.1) is 12.6 Å². The first-order valence-electron chi connectivity index (χ1n) is 8.46. The highest BCUT2D eigenvalue weighted by molar-refractivity contribution is 5.78. The third-order valence-electron chi connectivity index (χ3n) is 5.33. The van der Waals surface area contributed by atoms with Crippen molar-refractivity contribution in [1.82, 2.24) is 10.2 Å². The van der Waals surface area contributed by atoms with E-state index in [1.54, 1.807) is 5.56 Å². The Balaban J connectivity index is 1.45. The first-order valence-corrected chi connectivity index (χ1v) is 8.46. The largest absolute Gasteiger partial charge is 0.348 e. The molecule has 0 aromatic heterocycles. The topological polar surface area (TPSA) is 32.3 Å². The molecule has 3 nitrogen and oxygen atoms in total. The van der Waals surface area contributed by atoms with E-state index >= 15 is 0 Å². The maximum atomic E-state index is 12.2. The van der Waals surface area contributed by atoms with Crippen LogP contribution in [0.2, 0.25) is 0 Å². The molecule has 1 aliphatic heterocycles. The number of hydrogen-bond acceptors (Lipinski definition) is 2. The normalized spacial score (nSPS) is 24.1. The molecule has 1 heterocycles. The average molecular weight is 284 g/mol. The van der Waals surface area contributed by atoms with Gasteiger partial charge in [0.25, 0.3) is 0 Å². The minimum absolute atomic E-state index is 0.204. The standard InChI is InChI=1S/C18H24N2O/c21-18(12-20-8-1-2-9-20)19-17-7-6-15-10-13-4-3-5-14(13)11-16(15)17/h10-11,17H,1-9,12H2,(H,19,21)/t17-/m1/s1. The number of rotatable bonds is 3. The predicted octanol–water partition coefficient (Wildman–Crippen LogP) is 2.37. The zero-order chi connectivity index (χ0) is 14.2. The van der Waals surface area contributed by atoms with Gasteiger partial charge in [0.15, 0.2) is 0 Å². The van der Waals surface area contributed by atoms with Crippen molar-refractivity contribution in [3.8, 4) is 0 Å². The second kappa shape index (κ2) is 5.45. The van der Waals surface area contributed by atoms with Crippen LogP contribution in [-0.4, -0.2) is 30.4 Å². The first-order chi connectivity index (χ1) is 10.3. The Morgan fingerprint density at radius 2 is 1.81 bits per heavy atom. The summed E-state index contributed by atoms with van der Waals surface area (Å²) < 4.78 is 0. The van der Waals surface area contributed by atoms with Gasteiger partial charge >= 0.3 is 0 Å². The Hall–Kier alpha value is -1.35. The zero-order valence-corrected chi connectivity index (χ0v) is 12.7. The van der Waals surface area contributed by atoms with Crippen molar-refractivity contribution in [2.45, 2.75) is 51.0 Å². The van der Waals surface area contributed by atoms with Crippen molar-refractivity contribution in [2.24, 2.45) is 0 Å². The molecule has 112 valence electrons. The maximum absolute atomic E-state index is 12.2.